The van der Waals surface area contributed by atoms with Gasteiger partial charge in [0, 0.05) is 5.69 Å². The van der Waals surface area contributed by atoms with Crippen molar-refractivity contribution in [2.75, 3.05) is 16.8 Å². The highest BCUT2D eigenvalue weighted by Crippen LogP contribution is 2.34. The molecule has 3 aromatic rings. The topological polar surface area (TPSA) is 58.6 Å². The third-order valence-electron chi connectivity index (χ3n) is 4.91. The van der Waals surface area contributed by atoms with Crippen LogP contribution in [0.3, 0.4) is 0 Å². The summed E-state index contributed by atoms with van der Waals surface area (Å²) in [7, 11) is 0. The molecule has 0 radical (unpaired) electrons. The molecule has 0 aromatic heterocycles. The number of imide groups is 1. The molecule has 2 amide bonds. The number of carbonyl (C=O) groups excluding carboxylic acids is 2. The molecule has 1 N–H and O–H groups in total. The Labute approximate surface area is 179 Å². The van der Waals surface area contributed by atoms with Gasteiger partial charge in [0.1, 0.15) is 17.3 Å². The molecule has 0 bridgehead atoms. The molecule has 6 heteroatoms. The molecular weight excluding hydrogens is 395 g/mol. The molecule has 5 nitrogen and oxygen atoms in total. The van der Waals surface area contributed by atoms with Crippen LogP contribution in [0.4, 0.5) is 15.8 Å². The number of nitrogens with zero attached hydrogens (tertiary/aromatic N) is 1. The molecule has 0 saturated carbocycles. The third kappa shape index (κ3) is 4.05. The molecule has 31 heavy (non-hydrogen) atoms. The van der Waals surface area contributed by atoms with Gasteiger partial charge in [-0.3, -0.25) is 9.59 Å². The molecule has 0 spiro atoms. The minimum absolute atomic E-state index is 0.170. The second kappa shape index (κ2) is 8.44. The molecular formula is C25H21FN2O3. The van der Waals surface area contributed by atoms with E-state index in [2.05, 4.69) is 5.32 Å². The molecule has 0 fully saturated rings. The summed E-state index contributed by atoms with van der Waals surface area (Å²) in [5.41, 5.74) is 3.02. The maximum Gasteiger partial charge on any atom is 0.282 e. The van der Waals surface area contributed by atoms with E-state index in [0.717, 1.165) is 10.5 Å². The zero-order chi connectivity index (χ0) is 22.0. The number of halogens is 1. The molecule has 1 aliphatic heterocycles. The number of hydrogen-bond donors (Lipinski definition) is 1. The number of aryl methyl sites for hydroxylation is 1. The van der Waals surface area contributed by atoms with Crippen molar-refractivity contribution in [1.82, 2.24) is 0 Å². The van der Waals surface area contributed by atoms with Gasteiger partial charge in [0.15, 0.2) is 0 Å². The SMILES string of the molecule is CCOc1ccc(C2=C(Nc3cccc(C)c3)C(=O)N(c3ccc(F)cc3)C2=O)cc1. The Balaban J connectivity index is 1.79. The van der Waals surface area contributed by atoms with Crippen molar-refractivity contribution in [3.05, 3.63) is 95.4 Å². The molecule has 156 valence electrons. The van der Waals surface area contributed by atoms with Gasteiger partial charge in [-0.2, -0.15) is 0 Å². The first-order valence-electron chi connectivity index (χ1n) is 9.93. The second-order valence-electron chi connectivity index (χ2n) is 7.12. The Kier molecular flexibility index (Phi) is 5.54. The first-order chi connectivity index (χ1) is 15.0. The van der Waals surface area contributed by atoms with Gasteiger partial charge in [-0.15, -0.1) is 0 Å². The second-order valence-corrected chi connectivity index (χ2v) is 7.12. The van der Waals surface area contributed by atoms with E-state index in [1.165, 1.54) is 24.3 Å². The van der Waals surface area contributed by atoms with E-state index in [0.29, 0.717) is 29.3 Å². The molecule has 4 rings (SSSR count). The van der Waals surface area contributed by atoms with Crippen molar-refractivity contribution in [1.29, 1.82) is 0 Å². The predicted molar refractivity (Wildman–Crippen MR) is 118 cm³/mol. The zero-order valence-corrected chi connectivity index (χ0v) is 17.2. The van der Waals surface area contributed by atoms with Crippen LogP contribution < -0.4 is 15.0 Å². The van der Waals surface area contributed by atoms with Gasteiger partial charge < -0.3 is 10.1 Å². The van der Waals surface area contributed by atoms with Crippen LogP contribution >= 0.6 is 0 Å². The van der Waals surface area contributed by atoms with Crippen LogP contribution in [0.5, 0.6) is 5.75 Å². The summed E-state index contributed by atoms with van der Waals surface area (Å²) in [5, 5.41) is 3.12. The molecule has 0 aliphatic carbocycles. The Bertz CT molecular complexity index is 1170. The number of nitrogens with one attached hydrogen (secondary N) is 1. The van der Waals surface area contributed by atoms with E-state index in [1.807, 2.05) is 38.1 Å². The van der Waals surface area contributed by atoms with Crippen molar-refractivity contribution in [2.24, 2.45) is 0 Å². The van der Waals surface area contributed by atoms with Gasteiger partial charge in [0.05, 0.1) is 17.9 Å². The van der Waals surface area contributed by atoms with Gasteiger partial charge in [0.2, 0.25) is 0 Å². The number of ether oxygens (including phenoxy) is 1. The minimum atomic E-state index is -0.498. The number of hydrogen-bond acceptors (Lipinski definition) is 4. The number of rotatable bonds is 6. The van der Waals surface area contributed by atoms with Crippen LogP contribution in [0.15, 0.2) is 78.5 Å². The summed E-state index contributed by atoms with van der Waals surface area (Å²) in [6, 6.07) is 19.8. The first kappa shape index (κ1) is 20.3. The molecule has 0 saturated heterocycles. The Morgan fingerprint density at radius 3 is 2.29 bits per heavy atom. The van der Waals surface area contributed by atoms with E-state index in [1.54, 1.807) is 24.3 Å². The van der Waals surface area contributed by atoms with Crippen LogP contribution in [0, 0.1) is 12.7 Å². The maximum absolute atomic E-state index is 13.4. The summed E-state index contributed by atoms with van der Waals surface area (Å²) >= 11 is 0. The summed E-state index contributed by atoms with van der Waals surface area (Å²) in [5.74, 6) is -0.745. The summed E-state index contributed by atoms with van der Waals surface area (Å²) < 4.78 is 18.9. The lowest BCUT2D eigenvalue weighted by Gasteiger charge is -2.15. The van der Waals surface area contributed by atoms with E-state index in [4.69, 9.17) is 4.74 Å². The highest BCUT2D eigenvalue weighted by Gasteiger charge is 2.40. The predicted octanol–water partition coefficient (Wildman–Crippen LogP) is 4.93. The van der Waals surface area contributed by atoms with Crippen LogP contribution in [-0.4, -0.2) is 18.4 Å². The van der Waals surface area contributed by atoms with Gasteiger partial charge in [0.25, 0.3) is 11.8 Å². The van der Waals surface area contributed by atoms with E-state index >= 15 is 0 Å². The van der Waals surface area contributed by atoms with Crippen molar-refractivity contribution >= 4 is 28.8 Å². The molecule has 0 atom stereocenters. The van der Waals surface area contributed by atoms with E-state index < -0.39 is 17.6 Å². The Morgan fingerprint density at radius 1 is 0.935 bits per heavy atom. The highest BCUT2D eigenvalue weighted by molar-refractivity contribution is 6.46. The van der Waals surface area contributed by atoms with Gasteiger partial charge in [-0.25, -0.2) is 9.29 Å². The van der Waals surface area contributed by atoms with Crippen molar-refractivity contribution in [3.63, 3.8) is 0 Å². The normalized spacial score (nSPS) is 13.7. The monoisotopic (exact) mass is 416 g/mol. The highest BCUT2D eigenvalue weighted by atomic mass is 19.1. The van der Waals surface area contributed by atoms with Gasteiger partial charge >= 0.3 is 0 Å². The van der Waals surface area contributed by atoms with Gasteiger partial charge in [-0.05, 0) is 73.5 Å². The van der Waals surface area contributed by atoms with E-state index in [-0.39, 0.29) is 11.3 Å². The number of benzene rings is 3. The minimum Gasteiger partial charge on any atom is -0.494 e. The average Bonchev–Trinajstić information content (AvgIpc) is 2.99. The van der Waals surface area contributed by atoms with Gasteiger partial charge in [-0.1, -0.05) is 24.3 Å². The quantitative estimate of drug-likeness (QED) is 0.579. The lowest BCUT2D eigenvalue weighted by Crippen LogP contribution is -2.32. The van der Waals surface area contributed by atoms with Crippen molar-refractivity contribution in [3.8, 4) is 5.75 Å². The summed E-state index contributed by atoms with van der Waals surface area (Å²) in [6.07, 6.45) is 0. The summed E-state index contributed by atoms with van der Waals surface area (Å²) in [4.78, 5) is 27.7. The maximum atomic E-state index is 13.4. The van der Waals surface area contributed by atoms with Crippen LogP contribution in [0.25, 0.3) is 5.57 Å². The lowest BCUT2D eigenvalue weighted by atomic mass is 10.0. The Hall–Kier alpha value is -3.93. The number of anilines is 2. The average molecular weight is 416 g/mol. The van der Waals surface area contributed by atoms with Crippen molar-refractivity contribution < 1.29 is 18.7 Å². The molecule has 1 heterocycles. The molecule has 1 aliphatic rings. The van der Waals surface area contributed by atoms with Crippen LogP contribution in [0.1, 0.15) is 18.1 Å². The first-order valence-corrected chi connectivity index (χ1v) is 9.93. The van der Waals surface area contributed by atoms with E-state index in [9.17, 15) is 14.0 Å². The number of amides is 2. The zero-order valence-electron chi connectivity index (χ0n) is 17.2. The largest absolute Gasteiger partial charge is 0.494 e. The summed E-state index contributed by atoms with van der Waals surface area (Å²) in [6.45, 7) is 4.36. The molecule has 0 unspecified atom stereocenters. The molecule has 3 aromatic carbocycles. The van der Waals surface area contributed by atoms with Crippen molar-refractivity contribution in [2.45, 2.75) is 13.8 Å². The Morgan fingerprint density at radius 2 is 1.65 bits per heavy atom. The standard InChI is InChI=1S/C25H21FN2O3/c1-3-31-21-13-7-17(8-14-21)22-23(27-19-6-4-5-16(2)15-19)25(30)28(24(22)29)20-11-9-18(26)10-12-20/h4-15,27H,3H2,1-2H3. The fourth-order valence-corrected chi connectivity index (χ4v) is 3.49. The van der Waals surface area contributed by atoms with Crippen LogP contribution in [-0.2, 0) is 9.59 Å². The third-order valence-corrected chi connectivity index (χ3v) is 4.91. The lowest BCUT2D eigenvalue weighted by molar-refractivity contribution is -0.120. The fourth-order valence-electron chi connectivity index (χ4n) is 3.49. The number of carbonyl (C=O) groups is 2. The van der Waals surface area contributed by atoms with Crippen LogP contribution in [0.2, 0.25) is 0 Å². The fraction of sp³-hybridized carbons (Fsp3) is 0.120. The smallest absolute Gasteiger partial charge is 0.282 e.